The van der Waals surface area contributed by atoms with Crippen molar-refractivity contribution >= 4 is 22.5 Å². The Morgan fingerprint density at radius 3 is 1.41 bits per heavy atom. The van der Waals surface area contributed by atoms with Crippen molar-refractivity contribution in [2.75, 3.05) is 0 Å². The van der Waals surface area contributed by atoms with Crippen LogP contribution in [0.4, 0.5) is 30.7 Å². The summed E-state index contributed by atoms with van der Waals surface area (Å²) in [4.78, 5) is 1.03. The molecule has 0 amide bonds. The standard InChI is InChI=1S/C40H17F7N4O2S/c1-2-19-11-20(5-9-31(19)52-39(42,43)44)21-3-7-26-28(12-21)33(24(15-48)16-49)37-35(26)36-27-8-4-22(13-29(27)34(38(36)54-37)25(17-50)18-51)23-6-10-32(30(41)14-23)53-40(45,46)47/h3-14H,2H2,1H3. The smallest absolute Gasteiger partial charge is 0.406 e. The van der Waals surface area contributed by atoms with Crippen molar-refractivity contribution in [1.29, 1.82) is 21.0 Å². The third-order valence-corrected chi connectivity index (χ3v) is 10.1. The van der Waals surface area contributed by atoms with Gasteiger partial charge < -0.3 is 9.47 Å². The molecule has 1 heterocycles. The van der Waals surface area contributed by atoms with Crippen LogP contribution in [0.3, 0.4) is 0 Å². The van der Waals surface area contributed by atoms with Crippen LogP contribution in [0.15, 0.2) is 83.9 Å². The molecule has 0 atom stereocenters. The molecule has 0 saturated carbocycles. The molecule has 0 aliphatic heterocycles. The van der Waals surface area contributed by atoms with Gasteiger partial charge in [-0.3, -0.25) is 0 Å². The van der Waals surface area contributed by atoms with E-state index in [1.54, 1.807) is 49.4 Å². The Balaban J connectivity index is 1.41. The van der Waals surface area contributed by atoms with Crippen molar-refractivity contribution < 1.29 is 40.2 Å². The van der Waals surface area contributed by atoms with Crippen LogP contribution in [0, 0.1) is 51.1 Å². The van der Waals surface area contributed by atoms with E-state index in [0.29, 0.717) is 71.0 Å². The number of fused-ring (bicyclic) bond motifs is 7. The molecule has 14 heteroatoms. The van der Waals surface area contributed by atoms with Gasteiger partial charge in [-0.15, -0.1) is 37.7 Å². The molecule has 0 unspecified atom stereocenters. The molecule has 1 aromatic heterocycles. The fraction of sp³-hybridized carbons (Fsp3) is 0.100. The van der Waals surface area contributed by atoms with E-state index in [1.807, 2.05) is 24.3 Å². The zero-order valence-corrected chi connectivity index (χ0v) is 28.1. The van der Waals surface area contributed by atoms with Crippen LogP contribution in [0.25, 0.3) is 55.7 Å². The van der Waals surface area contributed by atoms with Gasteiger partial charge in [0.25, 0.3) is 0 Å². The van der Waals surface area contributed by atoms with Gasteiger partial charge in [0.15, 0.2) is 11.6 Å². The highest BCUT2D eigenvalue weighted by Crippen LogP contribution is 2.61. The quantitative estimate of drug-likeness (QED) is 0.128. The number of nitrogens with zero attached hydrogens (tertiary/aromatic N) is 4. The fourth-order valence-corrected chi connectivity index (χ4v) is 8.22. The number of hydrogen-bond donors (Lipinski definition) is 0. The SMILES string of the molecule is CCc1cc(-c2ccc3c(c2)C(=C(C#N)C#N)c2sc4c(c2-3)-c2ccc(-c3ccc(OC(F)(F)F)c(F)c3)cc2C4=C(C#N)C#N)ccc1OC(F)(F)F. The first-order valence-electron chi connectivity index (χ1n) is 15.7. The van der Waals surface area contributed by atoms with Crippen molar-refractivity contribution in [1.82, 2.24) is 0 Å². The maximum atomic E-state index is 14.7. The number of benzene rings is 4. The van der Waals surface area contributed by atoms with Crippen LogP contribution < -0.4 is 9.47 Å². The first-order chi connectivity index (χ1) is 25.7. The maximum absolute atomic E-state index is 14.7. The lowest BCUT2D eigenvalue weighted by Gasteiger charge is -2.14. The van der Waals surface area contributed by atoms with Crippen molar-refractivity contribution in [3.63, 3.8) is 0 Å². The molecule has 0 fully saturated rings. The van der Waals surface area contributed by atoms with Gasteiger partial charge in [-0.1, -0.05) is 43.3 Å². The minimum absolute atomic E-state index is 0.195. The number of thiophene rings is 1. The lowest BCUT2D eigenvalue weighted by molar-refractivity contribution is -0.276. The van der Waals surface area contributed by atoms with E-state index in [0.717, 1.165) is 23.5 Å². The highest BCUT2D eigenvalue weighted by Gasteiger charge is 2.40. The molecule has 2 aliphatic rings. The Bertz CT molecular complexity index is 2660. The minimum Gasteiger partial charge on any atom is -0.406 e. The summed E-state index contributed by atoms with van der Waals surface area (Å²) in [6.07, 6.45) is -9.74. The van der Waals surface area contributed by atoms with Crippen molar-refractivity contribution in [2.24, 2.45) is 0 Å². The van der Waals surface area contributed by atoms with Gasteiger partial charge in [0.05, 0.1) is 0 Å². The highest BCUT2D eigenvalue weighted by molar-refractivity contribution is 7.16. The monoisotopic (exact) mass is 750 g/mol. The second-order valence-electron chi connectivity index (χ2n) is 11.9. The summed E-state index contributed by atoms with van der Waals surface area (Å²) in [6.45, 7) is 1.69. The summed E-state index contributed by atoms with van der Waals surface area (Å²) in [7, 11) is 0. The molecule has 264 valence electrons. The number of halogens is 7. The molecule has 0 N–H and O–H groups in total. The predicted molar refractivity (Wildman–Crippen MR) is 183 cm³/mol. The first kappa shape index (κ1) is 35.5. The van der Waals surface area contributed by atoms with Crippen LogP contribution in [0.2, 0.25) is 0 Å². The zero-order chi connectivity index (χ0) is 38.7. The second-order valence-corrected chi connectivity index (χ2v) is 12.9. The normalized spacial score (nSPS) is 12.4. The van der Waals surface area contributed by atoms with Gasteiger partial charge in [-0.05, 0) is 92.9 Å². The van der Waals surface area contributed by atoms with E-state index >= 15 is 0 Å². The molecule has 0 saturated heterocycles. The lowest BCUT2D eigenvalue weighted by Crippen LogP contribution is -2.18. The summed E-state index contributed by atoms with van der Waals surface area (Å²) in [5, 5.41) is 40.1. The van der Waals surface area contributed by atoms with Crippen molar-refractivity contribution in [3.05, 3.63) is 116 Å². The van der Waals surface area contributed by atoms with Crippen LogP contribution in [-0.4, -0.2) is 12.7 Å². The lowest BCUT2D eigenvalue weighted by atomic mass is 9.93. The van der Waals surface area contributed by atoms with Crippen molar-refractivity contribution in [3.8, 4) is 80.3 Å². The van der Waals surface area contributed by atoms with Gasteiger partial charge in [-0.2, -0.15) is 21.0 Å². The summed E-state index contributed by atoms with van der Waals surface area (Å²) >= 11 is 1.16. The molecule has 5 aromatic rings. The van der Waals surface area contributed by atoms with Crippen LogP contribution in [0.5, 0.6) is 11.5 Å². The minimum atomic E-state index is -5.10. The Morgan fingerprint density at radius 1 is 0.574 bits per heavy atom. The maximum Gasteiger partial charge on any atom is 0.573 e. The third-order valence-electron chi connectivity index (χ3n) is 8.92. The average Bonchev–Trinajstić information content (AvgIpc) is 3.75. The van der Waals surface area contributed by atoms with Crippen molar-refractivity contribution in [2.45, 2.75) is 26.1 Å². The third kappa shape index (κ3) is 5.99. The number of aryl methyl sites for hydroxylation is 1. The fourth-order valence-electron chi connectivity index (χ4n) is 6.76. The van der Waals surface area contributed by atoms with Crippen LogP contribution in [-0.2, 0) is 6.42 Å². The van der Waals surface area contributed by atoms with E-state index in [-0.39, 0.29) is 34.5 Å². The molecule has 0 radical (unpaired) electrons. The Morgan fingerprint density at radius 2 is 0.981 bits per heavy atom. The molecule has 0 spiro atoms. The molecular formula is C40H17F7N4O2S. The van der Waals surface area contributed by atoms with Crippen LogP contribution in [0.1, 0.15) is 33.4 Å². The summed E-state index contributed by atoms with van der Waals surface area (Å²) in [5.41, 5.74) is 5.47. The van der Waals surface area contributed by atoms with E-state index in [2.05, 4.69) is 9.47 Å². The molecule has 6 nitrogen and oxygen atoms in total. The number of alkyl halides is 6. The number of ether oxygens (including phenoxy) is 2. The molecule has 2 aliphatic carbocycles. The molecule has 0 bridgehead atoms. The summed E-state index contributed by atoms with van der Waals surface area (Å²) < 4.78 is 99.9. The van der Waals surface area contributed by atoms with Gasteiger partial charge >= 0.3 is 12.7 Å². The average molecular weight is 751 g/mol. The highest BCUT2D eigenvalue weighted by atomic mass is 32.1. The topological polar surface area (TPSA) is 114 Å². The Kier molecular flexibility index (Phi) is 8.53. The Hall–Kier alpha value is -6.87. The van der Waals surface area contributed by atoms with E-state index in [9.17, 15) is 51.8 Å². The van der Waals surface area contributed by atoms with Gasteiger partial charge in [0.1, 0.15) is 41.2 Å². The van der Waals surface area contributed by atoms with E-state index in [1.165, 1.54) is 18.2 Å². The zero-order valence-electron chi connectivity index (χ0n) is 27.3. The van der Waals surface area contributed by atoms with Gasteiger partial charge in [0, 0.05) is 32.0 Å². The number of allylic oxidation sites excluding steroid dienone is 2. The molecule has 54 heavy (non-hydrogen) atoms. The summed E-state index contributed by atoms with van der Waals surface area (Å²) in [5.74, 6) is -2.60. The van der Waals surface area contributed by atoms with E-state index < -0.39 is 24.3 Å². The number of nitriles is 4. The molecule has 4 aromatic carbocycles. The first-order valence-corrected chi connectivity index (χ1v) is 16.5. The van der Waals surface area contributed by atoms with Gasteiger partial charge in [0.2, 0.25) is 0 Å². The largest absolute Gasteiger partial charge is 0.573 e. The molecule has 7 rings (SSSR count). The number of rotatable bonds is 5. The molecular weight excluding hydrogens is 734 g/mol. The van der Waals surface area contributed by atoms with Crippen LogP contribution >= 0.6 is 11.3 Å². The predicted octanol–water partition coefficient (Wildman–Crippen LogP) is 11.2. The Labute approximate surface area is 305 Å². The summed E-state index contributed by atoms with van der Waals surface area (Å²) in [6, 6.07) is 25.1. The van der Waals surface area contributed by atoms with E-state index in [4.69, 9.17) is 0 Å². The van der Waals surface area contributed by atoms with Gasteiger partial charge in [-0.25, -0.2) is 4.39 Å². The second kappa shape index (κ2) is 13.0. The number of hydrogen-bond acceptors (Lipinski definition) is 7.